The number of carbonyl (C=O) groups excluding carboxylic acids is 2. The normalized spacial score (nSPS) is 13.1. The number of hydrogen-bond donors (Lipinski definition) is 1. The largest absolute Gasteiger partial charge is 0.497 e. The highest BCUT2D eigenvalue weighted by molar-refractivity contribution is 5.93. The van der Waals surface area contributed by atoms with Crippen molar-refractivity contribution >= 4 is 23.5 Å². The maximum atomic E-state index is 12.4. The molecule has 0 aromatic heterocycles. The summed E-state index contributed by atoms with van der Waals surface area (Å²) in [6.45, 7) is 1.64. The summed E-state index contributed by atoms with van der Waals surface area (Å²) in [4.78, 5) is 27.1. The minimum absolute atomic E-state index is 0.264. The van der Waals surface area contributed by atoms with E-state index in [0.29, 0.717) is 43.4 Å². The molecular weight excluding hydrogens is 362 g/mol. The maximum absolute atomic E-state index is 12.4. The molecular formula is C20H23N3O5. The van der Waals surface area contributed by atoms with Gasteiger partial charge in [-0.1, -0.05) is 6.07 Å². The average Bonchev–Trinajstić information content (AvgIpc) is 3.14. The molecule has 148 valence electrons. The SMILES string of the molecule is COc1ccc(OCCN(C)C(=O)Nc2cccc(N3CCOC3=O)c2)cc1. The van der Waals surface area contributed by atoms with Crippen LogP contribution in [0.1, 0.15) is 0 Å². The van der Waals surface area contributed by atoms with Crippen molar-refractivity contribution < 1.29 is 23.8 Å². The number of anilines is 2. The van der Waals surface area contributed by atoms with Gasteiger partial charge in [-0.3, -0.25) is 4.90 Å². The number of amides is 3. The Kier molecular flexibility index (Phi) is 6.21. The van der Waals surface area contributed by atoms with Gasteiger partial charge < -0.3 is 24.4 Å². The van der Waals surface area contributed by atoms with Crippen molar-refractivity contribution in [3.8, 4) is 11.5 Å². The number of carbonyl (C=O) groups is 2. The van der Waals surface area contributed by atoms with Crippen LogP contribution in [0.25, 0.3) is 0 Å². The molecule has 0 bridgehead atoms. The van der Waals surface area contributed by atoms with Crippen molar-refractivity contribution in [2.45, 2.75) is 0 Å². The van der Waals surface area contributed by atoms with Crippen LogP contribution in [-0.2, 0) is 4.74 Å². The number of rotatable bonds is 7. The number of likely N-dealkylation sites (N-methyl/N-ethyl adjacent to an activating group) is 1. The van der Waals surface area contributed by atoms with Crippen LogP contribution >= 0.6 is 0 Å². The van der Waals surface area contributed by atoms with E-state index in [4.69, 9.17) is 14.2 Å². The predicted octanol–water partition coefficient (Wildman–Crippen LogP) is 3.19. The second kappa shape index (κ2) is 8.98. The molecule has 8 nitrogen and oxygen atoms in total. The first kappa shape index (κ1) is 19.3. The topological polar surface area (TPSA) is 80.3 Å². The molecule has 1 heterocycles. The Hall–Kier alpha value is -3.42. The third-order valence-electron chi connectivity index (χ3n) is 4.27. The summed E-state index contributed by atoms with van der Waals surface area (Å²) in [5.74, 6) is 1.47. The number of hydrogen-bond acceptors (Lipinski definition) is 5. The summed E-state index contributed by atoms with van der Waals surface area (Å²) < 4.78 is 15.7. The first-order valence-electron chi connectivity index (χ1n) is 8.90. The predicted molar refractivity (Wildman–Crippen MR) is 105 cm³/mol. The summed E-state index contributed by atoms with van der Waals surface area (Å²) in [7, 11) is 3.30. The van der Waals surface area contributed by atoms with E-state index in [2.05, 4.69) is 5.32 Å². The van der Waals surface area contributed by atoms with Gasteiger partial charge in [-0.15, -0.1) is 0 Å². The lowest BCUT2D eigenvalue weighted by Gasteiger charge is -2.19. The van der Waals surface area contributed by atoms with E-state index in [-0.39, 0.29) is 12.1 Å². The van der Waals surface area contributed by atoms with E-state index < -0.39 is 0 Å². The highest BCUT2D eigenvalue weighted by atomic mass is 16.6. The van der Waals surface area contributed by atoms with Gasteiger partial charge >= 0.3 is 12.1 Å². The molecule has 1 fully saturated rings. The standard InChI is InChI=1S/C20H23N3O5/c1-22(10-12-27-18-8-6-17(26-2)7-9-18)19(24)21-15-4-3-5-16(14-15)23-11-13-28-20(23)25/h3-9,14H,10-13H2,1-2H3,(H,21,24). The number of nitrogens with one attached hydrogen (secondary N) is 1. The van der Waals surface area contributed by atoms with Crippen molar-refractivity contribution in [1.82, 2.24) is 4.90 Å². The monoisotopic (exact) mass is 385 g/mol. The molecule has 1 aliphatic heterocycles. The molecule has 2 aromatic carbocycles. The molecule has 28 heavy (non-hydrogen) atoms. The first-order valence-corrected chi connectivity index (χ1v) is 8.90. The zero-order valence-electron chi connectivity index (χ0n) is 15.9. The van der Waals surface area contributed by atoms with Crippen LogP contribution in [0.3, 0.4) is 0 Å². The maximum Gasteiger partial charge on any atom is 0.414 e. The zero-order valence-corrected chi connectivity index (χ0v) is 15.9. The van der Waals surface area contributed by atoms with E-state index in [1.165, 1.54) is 9.80 Å². The van der Waals surface area contributed by atoms with Crippen LogP contribution in [0.4, 0.5) is 21.0 Å². The van der Waals surface area contributed by atoms with E-state index >= 15 is 0 Å². The van der Waals surface area contributed by atoms with Crippen LogP contribution in [0, 0.1) is 0 Å². The Labute approximate surface area is 163 Å². The molecule has 0 spiro atoms. The number of nitrogens with zero attached hydrogens (tertiary/aromatic N) is 2. The second-order valence-corrected chi connectivity index (χ2v) is 6.19. The van der Waals surface area contributed by atoms with Gasteiger partial charge in [0.25, 0.3) is 0 Å². The molecule has 0 unspecified atom stereocenters. The van der Waals surface area contributed by atoms with Crippen molar-refractivity contribution in [3.63, 3.8) is 0 Å². The molecule has 0 radical (unpaired) electrons. The van der Waals surface area contributed by atoms with Crippen LogP contribution in [-0.4, -0.2) is 57.5 Å². The second-order valence-electron chi connectivity index (χ2n) is 6.19. The molecule has 1 aliphatic rings. The summed E-state index contributed by atoms with van der Waals surface area (Å²) >= 11 is 0. The molecule has 0 aliphatic carbocycles. The van der Waals surface area contributed by atoms with Crippen molar-refractivity contribution in [1.29, 1.82) is 0 Å². The highest BCUT2D eigenvalue weighted by Gasteiger charge is 2.23. The van der Waals surface area contributed by atoms with Gasteiger partial charge in [0.2, 0.25) is 0 Å². The Morgan fingerprint density at radius 1 is 1.21 bits per heavy atom. The van der Waals surface area contributed by atoms with Gasteiger partial charge in [0, 0.05) is 18.4 Å². The Morgan fingerprint density at radius 3 is 2.64 bits per heavy atom. The van der Waals surface area contributed by atoms with Crippen molar-refractivity contribution in [3.05, 3.63) is 48.5 Å². The molecule has 8 heteroatoms. The Balaban J connectivity index is 1.49. The fourth-order valence-electron chi connectivity index (χ4n) is 2.67. The summed E-state index contributed by atoms with van der Waals surface area (Å²) in [5.41, 5.74) is 1.29. The third-order valence-corrected chi connectivity index (χ3v) is 4.27. The molecule has 1 saturated heterocycles. The summed E-state index contributed by atoms with van der Waals surface area (Å²) in [5, 5.41) is 2.82. The zero-order chi connectivity index (χ0) is 19.9. The van der Waals surface area contributed by atoms with Crippen molar-refractivity contribution in [2.75, 3.05) is 50.7 Å². The van der Waals surface area contributed by atoms with Crippen LogP contribution < -0.4 is 19.7 Å². The minimum atomic E-state index is -0.378. The molecule has 0 atom stereocenters. The fraction of sp³-hybridized carbons (Fsp3) is 0.300. The summed E-state index contributed by atoms with van der Waals surface area (Å²) in [6.07, 6.45) is -0.378. The Bertz CT molecular complexity index is 825. The smallest absolute Gasteiger partial charge is 0.414 e. The summed E-state index contributed by atoms with van der Waals surface area (Å²) in [6, 6.07) is 14.1. The third kappa shape index (κ3) is 4.85. The minimum Gasteiger partial charge on any atom is -0.497 e. The van der Waals surface area contributed by atoms with Gasteiger partial charge in [0.1, 0.15) is 24.7 Å². The average molecular weight is 385 g/mol. The van der Waals surface area contributed by atoms with Gasteiger partial charge in [-0.25, -0.2) is 9.59 Å². The number of urea groups is 1. The quantitative estimate of drug-likeness (QED) is 0.792. The van der Waals surface area contributed by atoms with Gasteiger partial charge in [0.05, 0.1) is 20.2 Å². The number of benzene rings is 2. The van der Waals surface area contributed by atoms with E-state index in [1.54, 1.807) is 38.4 Å². The van der Waals surface area contributed by atoms with Crippen LogP contribution in [0.2, 0.25) is 0 Å². The van der Waals surface area contributed by atoms with E-state index in [0.717, 1.165) is 5.75 Å². The van der Waals surface area contributed by atoms with Gasteiger partial charge in [0.15, 0.2) is 0 Å². The van der Waals surface area contributed by atoms with Gasteiger partial charge in [-0.05, 0) is 42.5 Å². The fourth-order valence-corrected chi connectivity index (χ4v) is 2.67. The van der Waals surface area contributed by atoms with Crippen LogP contribution in [0.15, 0.2) is 48.5 Å². The molecule has 2 aromatic rings. The first-order chi connectivity index (χ1) is 13.6. The molecule has 1 N–H and O–H groups in total. The lowest BCUT2D eigenvalue weighted by Crippen LogP contribution is -2.34. The lowest BCUT2D eigenvalue weighted by atomic mass is 10.2. The number of cyclic esters (lactones) is 1. The van der Waals surface area contributed by atoms with Crippen LogP contribution in [0.5, 0.6) is 11.5 Å². The number of methoxy groups -OCH3 is 1. The Morgan fingerprint density at radius 2 is 1.96 bits per heavy atom. The van der Waals surface area contributed by atoms with E-state index in [1.807, 2.05) is 24.3 Å². The number of ether oxygens (including phenoxy) is 3. The molecule has 3 amide bonds. The lowest BCUT2D eigenvalue weighted by molar-refractivity contribution is 0.181. The van der Waals surface area contributed by atoms with E-state index in [9.17, 15) is 9.59 Å². The van der Waals surface area contributed by atoms with Crippen molar-refractivity contribution in [2.24, 2.45) is 0 Å². The van der Waals surface area contributed by atoms with Gasteiger partial charge in [-0.2, -0.15) is 0 Å². The highest BCUT2D eigenvalue weighted by Crippen LogP contribution is 2.22. The molecule has 0 saturated carbocycles. The molecule has 3 rings (SSSR count).